The summed E-state index contributed by atoms with van der Waals surface area (Å²) in [5, 5.41) is 6.96. The Bertz CT molecular complexity index is 538. The first-order valence-electron chi connectivity index (χ1n) is 8.86. The molecule has 5 nitrogen and oxygen atoms in total. The molecule has 6 heteroatoms. The molecule has 2 N–H and O–H groups in total. The molecule has 0 saturated heterocycles. The molecule has 2 atom stereocenters. The van der Waals surface area contributed by atoms with Crippen LogP contribution in [0.5, 0.6) is 0 Å². The van der Waals surface area contributed by atoms with Gasteiger partial charge >= 0.3 is 0 Å². The second-order valence-electron chi connectivity index (χ2n) is 6.60. The van der Waals surface area contributed by atoms with Gasteiger partial charge in [-0.15, -0.1) is 24.0 Å². The summed E-state index contributed by atoms with van der Waals surface area (Å²) in [6.45, 7) is 5.96. The van der Waals surface area contributed by atoms with Crippen molar-refractivity contribution in [3.05, 3.63) is 35.4 Å². The molecule has 0 bridgehead atoms. The highest BCUT2D eigenvalue weighted by Crippen LogP contribution is 2.41. The van der Waals surface area contributed by atoms with Crippen LogP contribution in [0.1, 0.15) is 29.9 Å². The fourth-order valence-electron chi connectivity index (χ4n) is 3.03. The van der Waals surface area contributed by atoms with Crippen molar-refractivity contribution < 1.29 is 4.74 Å². The van der Waals surface area contributed by atoms with Gasteiger partial charge in [0, 0.05) is 52.4 Å². The fourth-order valence-corrected chi connectivity index (χ4v) is 3.03. The number of benzene rings is 1. The number of hydrogen-bond acceptors (Lipinski definition) is 3. The summed E-state index contributed by atoms with van der Waals surface area (Å²) in [6.07, 6.45) is 2.25. The molecule has 1 aliphatic carbocycles. The molecule has 0 heterocycles. The van der Waals surface area contributed by atoms with Crippen molar-refractivity contribution in [2.24, 2.45) is 4.99 Å². The Balaban J connectivity index is 0.00000312. The van der Waals surface area contributed by atoms with E-state index in [0.29, 0.717) is 12.0 Å². The number of hydrogen-bond donors (Lipinski definition) is 2. The molecule has 0 spiro atoms. The van der Waals surface area contributed by atoms with Gasteiger partial charge in [0.15, 0.2) is 5.96 Å². The van der Waals surface area contributed by atoms with E-state index < -0.39 is 0 Å². The number of nitrogens with one attached hydrogen (secondary N) is 2. The number of likely N-dealkylation sites (N-methyl/N-ethyl adjacent to an activating group) is 1. The van der Waals surface area contributed by atoms with Crippen LogP contribution in [0, 0.1) is 6.92 Å². The fraction of sp³-hybridized carbons (Fsp3) is 0.632. The lowest BCUT2D eigenvalue weighted by Gasteiger charge is -2.18. The van der Waals surface area contributed by atoms with E-state index in [1.807, 2.05) is 7.05 Å². The highest BCUT2D eigenvalue weighted by Gasteiger charge is 2.39. The second-order valence-corrected chi connectivity index (χ2v) is 6.60. The molecule has 142 valence electrons. The van der Waals surface area contributed by atoms with Crippen LogP contribution in [0.3, 0.4) is 0 Å². The third kappa shape index (κ3) is 7.50. The first-order valence-corrected chi connectivity index (χ1v) is 8.86. The molecule has 2 rings (SSSR count). The van der Waals surface area contributed by atoms with Crippen LogP contribution in [-0.4, -0.2) is 64.3 Å². The Hall–Kier alpha value is -0.860. The summed E-state index contributed by atoms with van der Waals surface area (Å²) < 4.78 is 5.09. The lowest BCUT2D eigenvalue weighted by atomic mass is 10.0. The van der Waals surface area contributed by atoms with E-state index in [0.717, 1.165) is 38.6 Å². The maximum Gasteiger partial charge on any atom is 0.191 e. The quantitative estimate of drug-likeness (QED) is 0.258. The van der Waals surface area contributed by atoms with E-state index in [2.05, 4.69) is 58.8 Å². The van der Waals surface area contributed by atoms with Gasteiger partial charge in [-0.3, -0.25) is 4.99 Å². The van der Waals surface area contributed by atoms with Crippen LogP contribution in [0.4, 0.5) is 0 Å². The summed E-state index contributed by atoms with van der Waals surface area (Å²) >= 11 is 0. The molecule has 0 aromatic heterocycles. The summed E-state index contributed by atoms with van der Waals surface area (Å²) in [7, 11) is 5.73. The van der Waals surface area contributed by atoms with E-state index in [1.54, 1.807) is 7.11 Å². The Morgan fingerprint density at radius 2 is 2.08 bits per heavy atom. The Morgan fingerprint density at radius 3 is 2.76 bits per heavy atom. The lowest BCUT2D eigenvalue weighted by molar-refractivity contribution is 0.180. The number of rotatable bonds is 9. The number of aliphatic imine (C=N–C) groups is 1. The molecule has 2 unspecified atom stereocenters. The topological polar surface area (TPSA) is 48.9 Å². The van der Waals surface area contributed by atoms with Crippen LogP contribution in [0.15, 0.2) is 29.3 Å². The smallest absolute Gasteiger partial charge is 0.191 e. The summed E-state index contributed by atoms with van der Waals surface area (Å²) in [6, 6.07) is 9.17. The van der Waals surface area contributed by atoms with Gasteiger partial charge in [-0.05, 0) is 37.9 Å². The van der Waals surface area contributed by atoms with Crippen LogP contribution in [-0.2, 0) is 4.74 Å². The highest BCUT2D eigenvalue weighted by molar-refractivity contribution is 14.0. The maximum atomic E-state index is 5.09. The lowest BCUT2D eigenvalue weighted by Crippen LogP contribution is -2.42. The van der Waals surface area contributed by atoms with Crippen molar-refractivity contribution in [1.29, 1.82) is 0 Å². The predicted molar refractivity (Wildman–Crippen MR) is 116 cm³/mol. The molecule has 1 aromatic rings. The summed E-state index contributed by atoms with van der Waals surface area (Å²) in [4.78, 5) is 6.66. The molecule has 0 aliphatic heterocycles. The van der Waals surface area contributed by atoms with Gasteiger partial charge in [0.1, 0.15) is 0 Å². The van der Waals surface area contributed by atoms with E-state index in [9.17, 15) is 0 Å². The van der Waals surface area contributed by atoms with Crippen molar-refractivity contribution in [1.82, 2.24) is 15.5 Å². The first-order chi connectivity index (χ1) is 11.7. The average Bonchev–Trinajstić information content (AvgIpc) is 3.33. The van der Waals surface area contributed by atoms with Gasteiger partial charge in [0.05, 0.1) is 0 Å². The summed E-state index contributed by atoms with van der Waals surface area (Å²) in [5.74, 6) is 1.52. The number of nitrogens with zero attached hydrogens (tertiary/aromatic N) is 2. The van der Waals surface area contributed by atoms with Gasteiger partial charge in [0.25, 0.3) is 0 Å². The predicted octanol–water partition coefficient (Wildman–Crippen LogP) is 2.60. The van der Waals surface area contributed by atoms with Gasteiger partial charge in [0.2, 0.25) is 0 Å². The zero-order valence-corrected chi connectivity index (χ0v) is 18.2. The Kier molecular flexibility index (Phi) is 10.4. The number of aryl methyl sites for hydroxylation is 1. The SMILES string of the molecule is CN=C(NCCN(C)CCCOC)NC1CC1c1ccccc1C.I. The van der Waals surface area contributed by atoms with E-state index in [-0.39, 0.29) is 24.0 Å². The van der Waals surface area contributed by atoms with Crippen LogP contribution in [0.25, 0.3) is 0 Å². The minimum atomic E-state index is 0. The first kappa shape index (κ1) is 22.2. The van der Waals surface area contributed by atoms with Crippen LogP contribution in [0.2, 0.25) is 0 Å². The molecule has 1 aromatic carbocycles. The molecule has 25 heavy (non-hydrogen) atoms. The Morgan fingerprint density at radius 1 is 1.32 bits per heavy atom. The maximum absolute atomic E-state index is 5.09. The summed E-state index contributed by atoms with van der Waals surface area (Å²) in [5.41, 5.74) is 2.84. The zero-order chi connectivity index (χ0) is 17.4. The monoisotopic (exact) mass is 460 g/mol. The molecule has 0 radical (unpaired) electrons. The standard InChI is InChI=1S/C19H32N4O.HI/c1-15-8-5-6-9-16(15)17-14-18(17)22-19(20-2)21-10-12-23(3)11-7-13-24-4;/h5-6,8-9,17-18H,7,10-14H2,1-4H3,(H2,20,21,22);1H. The third-order valence-electron chi connectivity index (χ3n) is 4.60. The van der Waals surface area contributed by atoms with E-state index >= 15 is 0 Å². The average molecular weight is 460 g/mol. The number of ether oxygens (including phenoxy) is 1. The van der Waals surface area contributed by atoms with E-state index in [4.69, 9.17) is 4.74 Å². The van der Waals surface area contributed by atoms with Gasteiger partial charge in [-0.25, -0.2) is 0 Å². The molecule has 0 amide bonds. The van der Waals surface area contributed by atoms with Crippen LogP contribution >= 0.6 is 24.0 Å². The second kappa shape index (κ2) is 11.7. The van der Waals surface area contributed by atoms with Crippen molar-refractivity contribution in [3.63, 3.8) is 0 Å². The van der Waals surface area contributed by atoms with Crippen molar-refractivity contribution in [2.75, 3.05) is 47.4 Å². The molecule has 1 aliphatic rings. The normalized spacial score (nSPS) is 19.5. The van der Waals surface area contributed by atoms with Gasteiger partial charge in [-0.2, -0.15) is 0 Å². The Labute approximate surface area is 169 Å². The minimum absolute atomic E-state index is 0. The van der Waals surface area contributed by atoms with Crippen molar-refractivity contribution >= 4 is 29.9 Å². The van der Waals surface area contributed by atoms with Crippen LogP contribution < -0.4 is 10.6 Å². The van der Waals surface area contributed by atoms with Crippen molar-refractivity contribution in [2.45, 2.75) is 31.7 Å². The molecular formula is C19H33IN4O. The number of guanidine groups is 1. The minimum Gasteiger partial charge on any atom is -0.385 e. The largest absolute Gasteiger partial charge is 0.385 e. The third-order valence-corrected chi connectivity index (χ3v) is 4.60. The molecular weight excluding hydrogens is 427 g/mol. The molecule has 1 fully saturated rings. The van der Waals surface area contributed by atoms with Gasteiger partial charge in [-0.1, -0.05) is 24.3 Å². The molecule has 1 saturated carbocycles. The highest BCUT2D eigenvalue weighted by atomic mass is 127. The van der Waals surface area contributed by atoms with E-state index in [1.165, 1.54) is 17.5 Å². The van der Waals surface area contributed by atoms with Crippen molar-refractivity contribution in [3.8, 4) is 0 Å². The van der Waals surface area contributed by atoms with Gasteiger partial charge < -0.3 is 20.3 Å². The number of methoxy groups -OCH3 is 1. The number of halogens is 1. The zero-order valence-electron chi connectivity index (χ0n) is 15.9.